The maximum Gasteiger partial charge on any atom is 0.293 e. The topological polar surface area (TPSA) is 89.7 Å². The van der Waals surface area contributed by atoms with E-state index in [1.165, 1.54) is 4.90 Å². The van der Waals surface area contributed by atoms with Gasteiger partial charge in [-0.2, -0.15) is 0 Å². The van der Waals surface area contributed by atoms with Gasteiger partial charge in [0.1, 0.15) is 5.75 Å². The predicted molar refractivity (Wildman–Crippen MR) is 104 cm³/mol. The molecule has 0 radical (unpaired) electrons. The normalized spacial score (nSPS) is 15.4. The molecule has 0 unspecified atom stereocenters. The van der Waals surface area contributed by atoms with Crippen LogP contribution in [-0.4, -0.2) is 35.1 Å². The molecule has 1 heterocycles. The zero-order chi connectivity index (χ0) is 19.2. The summed E-state index contributed by atoms with van der Waals surface area (Å²) in [4.78, 5) is 37.1. The van der Waals surface area contributed by atoms with Crippen molar-refractivity contribution in [2.24, 2.45) is 5.73 Å². The first kappa shape index (κ1) is 18.7. The molecule has 27 heavy (non-hydrogen) atoms. The molecule has 138 valence electrons. The monoisotopic (exact) mass is 382 g/mol. The molecule has 3 rings (SSSR count). The molecule has 2 N–H and O–H groups in total. The number of hydrogen-bond donors (Lipinski definition) is 1. The van der Waals surface area contributed by atoms with Gasteiger partial charge in [-0.05, 0) is 47.5 Å². The Morgan fingerprint density at radius 2 is 1.78 bits per heavy atom. The second-order valence-electron chi connectivity index (χ2n) is 5.89. The Hall–Kier alpha value is -3.06. The highest BCUT2D eigenvalue weighted by atomic mass is 32.2. The lowest BCUT2D eigenvalue weighted by atomic mass is 10.1. The zero-order valence-corrected chi connectivity index (χ0v) is 15.3. The number of carbonyl (C=O) groups is 3. The average molecular weight is 382 g/mol. The Morgan fingerprint density at radius 3 is 2.44 bits per heavy atom. The van der Waals surface area contributed by atoms with E-state index in [0.717, 1.165) is 22.9 Å². The minimum atomic E-state index is -0.553. The summed E-state index contributed by atoms with van der Waals surface area (Å²) in [5, 5.41) is -0.261. The van der Waals surface area contributed by atoms with Crippen LogP contribution in [0.5, 0.6) is 5.75 Å². The summed E-state index contributed by atoms with van der Waals surface area (Å²) in [5.41, 5.74) is 6.87. The Bertz CT molecular complexity index is 879. The first-order valence-corrected chi connectivity index (χ1v) is 9.15. The number of hydrogen-bond acceptors (Lipinski definition) is 5. The Morgan fingerprint density at radius 1 is 1.07 bits per heavy atom. The van der Waals surface area contributed by atoms with Crippen molar-refractivity contribution >= 4 is 34.9 Å². The quantitative estimate of drug-likeness (QED) is 0.744. The van der Waals surface area contributed by atoms with Crippen molar-refractivity contribution in [1.82, 2.24) is 4.90 Å². The molecule has 1 aliphatic heterocycles. The van der Waals surface area contributed by atoms with Crippen LogP contribution in [0.15, 0.2) is 59.5 Å². The van der Waals surface area contributed by atoms with Crippen LogP contribution in [0.4, 0.5) is 4.79 Å². The van der Waals surface area contributed by atoms with E-state index in [0.29, 0.717) is 23.6 Å². The van der Waals surface area contributed by atoms with Gasteiger partial charge in [0.15, 0.2) is 6.61 Å². The van der Waals surface area contributed by atoms with E-state index in [1.807, 2.05) is 30.3 Å². The molecule has 2 aromatic rings. The highest BCUT2D eigenvalue weighted by Crippen LogP contribution is 2.32. The fraction of sp³-hybridized carbons (Fsp3) is 0.150. The lowest BCUT2D eigenvalue weighted by Gasteiger charge is -2.12. The lowest BCUT2D eigenvalue weighted by Crippen LogP contribution is -2.30. The summed E-state index contributed by atoms with van der Waals surface area (Å²) in [6, 6.07) is 16.6. The molecule has 0 bridgehead atoms. The molecule has 1 aliphatic rings. The van der Waals surface area contributed by atoms with Crippen LogP contribution < -0.4 is 10.5 Å². The van der Waals surface area contributed by atoms with Crippen molar-refractivity contribution in [3.05, 3.63) is 70.6 Å². The first-order chi connectivity index (χ1) is 13.0. The molecule has 0 saturated carbocycles. The van der Waals surface area contributed by atoms with E-state index in [2.05, 4.69) is 0 Å². The van der Waals surface area contributed by atoms with E-state index in [1.54, 1.807) is 30.3 Å². The largest absolute Gasteiger partial charge is 0.484 e. The third kappa shape index (κ3) is 4.98. The molecule has 0 spiro atoms. The van der Waals surface area contributed by atoms with Gasteiger partial charge in [0.2, 0.25) is 0 Å². The lowest BCUT2D eigenvalue weighted by molar-refractivity contribution is -0.122. The van der Waals surface area contributed by atoms with Gasteiger partial charge in [0.25, 0.3) is 17.1 Å². The number of nitrogens with zero attached hydrogens (tertiary/aromatic N) is 1. The smallest absolute Gasteiger partial charge is 0.293 e. The first-order valence-electron chi connectivity index (χ1n) is 8.33. The molecule has 0 atom stereocenters. The van der Waals surface area contributed by atoms with Crippen molar-refractivity contribution < 1.29 is 19.1 Å². The number of rotatable bonds is 7. The minimum absolute atomic E-state index is 0.195. The van der Waals surface area contributed by atoms with Crippen molar-refractivity contribution in [1.29, 1.82) is 0 Å². The molecule has 6 nitrogen and oxygen atoms in total. The van der Waals surface area contributed by atoms with Gasteiger partial charge in [-0.3, -0.25) is 19.3 Å². The predicted octanol–water partition coefficient (Wildman–Crippen LogP) is 2.83. The average Bonchev–Trinajstić information content (AvgIpc) is 2.93. The van der Waals surface area contributed by atoms with Gasteiger partial charge in [-0.25, -0.2) is 0 Å². The summed E-state index contributed by atoms with van der Waals surface area (Å²) in [6.07, 6.45) is 2.29. The SMILES string of the molecule is NC(=O)COc1ccc(/C=C2\SC(=O)N(CCc3ccccc3)C2=O)cc1. The Labute approximate surface area is 161 Å². The molecule has 0 aromatic heterocycles. The Balaban J connectivity index is 1.64. The Kier molecular flexibility index (Phi) is 5.93. The van der Waals surface area contributed by atoms with Gasteiger partial charge >= 0.3 is 0 Å². The van der Waals surface area contributed by atoms with E-state index in [9.17, 15) is 14.4 Å². The third-order valence-electron chi connectivity index (χ3n) is 3.90. The summed E-state index contributed by atoms with van der Waals surface area (Å²) < 4.78 is 5.19. The number of benzene rings is 2. The highest BCUT2D eigenvalue weighted by Gasteiger charge is 2.34. The van der Waals surface area contributed by atoms with Crippen LogP contribution in [0.1, 0.15) is 11.1 Å². The van der Waals surface area contributed by atoms with E-state index < -0.39 is 5.91 Å². The second kappa shape index (κ2) is 8.55. The molecule has 1 fully saturated rings. The summed E-state index contributed by atoms with van der Waals surface area (Å²) in [6.45, 7) is 0.158. The van der Waals surface area contributed by atoms with E-state index in [-0.39, 0.29) is 17.8 Å². The van der Waals surface area contributed by atoms with Gasteiger partial charge in [-0.1, -0.05) is 42.5 Å². The van der Waals surface area contributed by atoms with Crippen molar-refractivity contribution in [3.8, 4) is 5.75 Å². The molecule has 0 aliphatic carbocycles. The molecular formula is C20H18N2O4S. The maximum atomic E-state index is 12.5. The van der Waals surface area contributed by atoms with Crippen molar-refractivity contribution in [2.45, 2.75) is 6.42 Å². The molecule has 3 amide bonds. The standard InChI is InChI=1S/C20H18N2O4S/c21-18(23)13-26-16-8-6-15(7-9-16)12-17-19(24)22(20(25)27-17)11-10-14-4-2-1-3-5-14/h1-9,12H,10-11,13H2,(H2,21,23)/b17-12-. The number of amides is 3. The van der Waals surface area contributed by atoms with Gasteiger partial charge in [-0.15, -0.1) is 0 Å². The highest BCUT2D eigenvalue weighted by molar-refractivity contribution is 8.18. The number of carbonyl (C=O) groups excluding carboxylic acids is 3. The zero-order valence-electron chi connectivity index (χ0n) is 14.5. The summed E-state index contributed by atoms with van der Waals surface area (Å²) >= 11 is 0.936. The van der Waals surface area contributed by atoms with Crippen molar-refractivity contribution in [3.63, 3.8) is 0 Å². The summed E-state index contributed by atoms with van der Waals surface area (Å²) in [5.74, 6) is -0.333. The third-order valence-corrected chi connectivity index (χ3v) is 4.81. The second-order valence-corrected chi connectivity index (χ2v) is 6.89. The molecule has 2 aromatic carbocycles. The number of thioether (sulfide) groups is 1. The van der Waals surface area contributed by atoms with Crippen LogP contribution in [0, 0.1) is 0 Å². The fourth-order valence-electron chi connectivity index (χ4n) is 2.54. The van der Waals surface area contributed by atoms with Crippen LogP contribution in [0.3, 0.4) is 0 Å². The van der Waals surface area contributed by atoms with Crippen molar-refractivity contribution in [2.75, 3.05) is 13.2 Å². The minimum Gasteiger partial charge on any atom is -0.484 e. The number of primary amides is 1. The number of nitrogens with two attached hydrogens (primary N) is 1. The van der Waals surface area contributed by atoms with E-state index >= 15 is 0 Å². The van der Waals surface area contributed by atoms with Crippen LogP contribution in [0.2, 0.25) is 0 Å². The number of imide groups is 1. The van der Waals surface area contributed by atoms with E-state index in [4.69, 9.17) is 10.5 Å². The molecular weight excluding hydrogens is 364 g/mol. The van der Waals surface area contributed by atoms with Crippen LogP contribution in [-0.2, 0) is 16.0 Å². The summed E-state index contributed by atoms with van der Waals surface area (Å²) in [7, 11) is 0. The van der Waals surface area contributed by atoms with Gasteiger partial charge in [0, 0.05) is 6.54 Å². The van der Waals surface area contributed by atoms with Gasteiger partial charge in [0.05, 0.1) is 4.91 Å². The fourth-order valence-corrected chi connectivity index (χ4v) is 3.41. The van der Waals surface area contributed by atoms with Crippen LogP contribution in [0.25, 0.3) is 6.08 Å². The van der Waals surface area contributed by atoms with Gasteiger partial charge < -0.3 is 10.5 Å². The molecule has 7 heteroatoms. The number of ether oxygens (including phenoxy) is 1. The van der Waals surface area contributed by atoms with Crippen LogP contribution >= 0.6 is 11.8 Å². The molecule has 1 saturated heterocycles. The maximum absolute atomic E-state index is 12.5.